The molecule has 0 aliphatic rings. The van der Waals surface area contributed by atoms with Crippen LogP contribution in [0, 0.1) is 18.7 Å². The van der Waals surface area contributed by atoms with E-state index in [-0.39, 0.29) is 17.3 Å². The van der Waals surface area contributed by atoms with Gasteiger partial charge in [-0.05, 0) is 43.5 Å². The molecule has 1 atom stereocenters. The number of ketones is 1. The summed E-state index contributed by atoms with van der Waals surface area (Å²) in [5.41, 5.74) is 0.906. The Morgan fingerprint density at radius 3 is 2.28 bits per heavy atom. The molecular formula is C14H18FNO2. The molecule has 0 spiro atoms. The summed E-state index contributed by atoms with van der Waals surface area (Å²) in [5.74, 6) is -0.983. The quantitative estimate of drug-likeness (QED) is 0.893. The zero-order valence-corrected chi connectivity index (χ0v) is 11.1. The topological polar surface area (TPSA) is 46.2 Å². The van der Waals surface area contributed by atoms with Crippen molar-refractivity contribution in [2.24, 2.45) is 5.92 Å². The maximum absolute atomic E-state index is 13.2. The normalized spacial score (nSPS) is 12.3. The molecule has 0 saturated heterocycles. The SMILES string of the molecule is CC(=O)C(NC(=O)c1cc(C)cc(F)c1)C(C)C. The molecule has 0 bridgehead atoms. The van der Waals surface area contributed by atoms with Crippen molar-refractivity contribution in [3.8, 4) is 0 Å². The predicted molar refractivity (Wildman–Crippen MR) is 67.9 cm³/mol. The van der Waals surface area contributed by atoms with Crippen LogP contribution in [0.15, 0.2) is 18.2 Å². The Hall–Kier alpha value is -1.71. The fraction of sp³-hybridized carbons (Fsp3) is 0.429. The molecule has 18 heavy (non-hydrogen) atoms. The number of aryl methyl sites for hydroxylation is 1. The Morgan fingerprint density at radius 1 is 1.22 bits per heavy atom. The largest absolute Gasteiger partial charge is 0.342 e. The molecule has 0 saturated carbocycles. The van der Waals surface area contributed by atoms with Crippen molar-refractivity contribution in [1.29, 1.82) is 0 Å². The summed E-state index contributed by atoms with van der Waals surface area (Å²) in [4.78, 5) is 23.3. The number of halogens is 1. The molecular weight excluding hydrogens is 233 g/mol. The Morgan fingerprint density at radius 2 is 1.83 bits per heavy atom. The number of Topliss-reactive ketones (excluding diaryl/α,β-unsaturated/α-hetero) is 1. The minimum absolute atomic E-state index is 0.00102. The van der Waals surface area contributed by atoms with Crippen LogP contribution >= 0.6 is 0 Å². The van der Waals surface area contributed by atoms with Crippen LogP contribution in [0.4, 0.5) is 4.39 Å². The molecule has 4 heteroatoms. The van der Waals surface area contributed by atoms with Gasteiger partial charge in [0, 0.05) is 5.56 Å². The fourth-order valence-corrected chi connectivity index (χ4v) is 1.83. The third kappa shape index (κ3) is 3.65. The molecule has 0 aliphatic carbocycles. The van der Waals surface area contributed by atoms with Crippen LogP contribution in [0.5, 0.6) is 0 Å². The molecule has 1 aromatic rings. The third-order valence-electron chi connectivity index (χ3n) is 2.70. The standard InChI is InChI=1S/C14H18FNO2/c1-8(2)13(10(4)17)16-14(18)11-5-9(3)6-12(15)7-11/h5-8,13H,1-4H3,(H,16,18). The van der Waals surface area contributed by atoms with Gasteiger partial charge in [-0.1, -0.05) is 13.8 Å². The van der Waals surface area contributed by atoms with E-state index in [4.69, 9.17) is 0 Å². The lowest BCUT2D eigenvalue weighted by atomic mass is 10.00. The number of carbonyl (C=O) groups excluding carboxylic acids is 2. The molecule has 0 aromatic heterocycles. The summed E-state index contributed by atoms with van der Waals surface area (Å²) in [6.07, 6.45) is 0. The van der Waals surface area contributed by atoms with Gasteiger partial charge in [0.15, 0.2) is 5.78 Å². The summed E-state index contributed by atoms with van der Waals surface area (Å²) < 4.78 is 13.2. The van der Waals surface area contributed by atoms with Gasteiger partial charge >= 0.3 is 0 Å². The Bertz CT molecular complexity index is 449. The van der Waals surface area contributed by atoms with Crippen LogP contribution in [-0.4, -0.2) is 17.7 Å². The molecule has 1 aromatic carbocycles. The zero-order valence-electron chi connectivity index (χ0n) is 11.1. The van der Waals surface area contributed by atoms with Crippen molar-refractivity contribution in [3.05, 3.63) is 35.1 Å². The van der Waals surface area contributed by atoms with Crippen molar-refractivity contribution >= 4 is 11.7 Å². The van der Waals surface area contributed by atoms with Crippen molar-refractivity contribution in [2.75, 3.05) is 0 Å². The van der Waals surface area contributed by atoms with Gasteiger partial charge in [-0.2, -0.15) is 0 Å². The van der Waals surface area contributed by atoms with E-state index in [1.165, 1.54) is 19.1 Å². The Kier molecular flexibility index (Phi) is 4.59. The van der Waals surface area contributed by atoms with Crippen LogP contribution < -0.4 is 5.32 Å². The minimum Gasteiger partial charge on any atom is -0.342 e. The van der Waals surface area contributed by atoms with Gasteiger partial charge in [0.25, 0.3) is 5.91 Å². The molecule has 0 radical (unpaired) electrons. The second kappa shape index (κ2) is 5.76. The first-order chi connectivity index (χ1) is 8.31. The lowest BCUT2D eigenvalue weighted by molar-refractivity contribution is -0.119. The maximum atomic E-state index is 13.2. The fourth-order valence-electron chi connectivity index (χ4n) is 1.83. The third-order valence-corrected chi connectivity index (χ3v) is 2.70. The van der Waals surface area contributed by atoms with E-state index in [2.05, 4.69) is 5.32 Å². The summed E-state index contributed by atoms with van der Waals surface area (Å²) in [5, 5.41) is 2.63. The highest BCUT2D eigenvalue weighted by molar-refractivity contribution is 5.97. The van der Waals surface area contributed by atoms with E-state index in [0.717, 1.165) is 0 Å². The van der Waals surface area contributed by atoms with E-state index in [1.54, 1.807) is 13.0 Å². The van der Waals surface area contributed by atoms with Crippen LogP contribution in [0.2, 0.25) is 0 Å². The van der Waals surface area contributed by atoms with Crippen LogP contribution in [0.25, 0.3) is 0 Å². The van der Waals surface area contributed by atoms with Crippen LogP contribution in [-0.2, 0) is 4.79 Å². The van der Waals surface area contributed by atoms with Crippen LogP contribution in [0.3, 0.4) is 0 Å². The number of rotatable bonds is 4. The number of carbonyl (C=O) groups is 2. The van der Waals surface area contributed by atoms with Gasteiger partial charge < -0.3 is 5.32 Å². The second-order valence-corrected chi connectivity index (χ2v) is 4.82. The first kappa shape index (κ1) is 14.4. The lowest BCUT2D eigenvalue weighted by Crippen LogP contribution is -2.43. The van der Waals surface area contributed by atoms with Crippen molar-refractivity contribution in [1.82, 2.24) is 5.32 Å². The average Bonchev–Trinajstić information content (AvgIpc) is 2.23. The number of nitrogens with one attached hydrogen (secondary N) is 1. The Balaban J connectivity index is 2.90. The predicted octanol–water partition coefficient (Wildman–Crippen LogP) is 2.48. The van der Waals surface area contributed by atoms with E-state index >= 15 is 0 Å². The van der Waals surface area contributed by atoms with E-state index in [1.807, 2.05) is 13.8 Å². The first-order valence-corrected chi connectivity index (χ1v) is 5.89. The minimum atomic E-state index is -0.541. The highest BCUT2D eigenvalue weighted by atomic mass is 19.1. The smallest absolute Gasteiger partial charge is 0.251 e. The van der Waals surface area contributed by atoms with E-state index in [0.29, 0.717) is 5.56 Å². The van der Waals surface area contributed by atoms with Gasteiger partial charge in [-0.25, -0.2) is 4.39 Å². The molecule has 98 valence electrons. The lowest BCUT2D eigenvalue weighted by Gasteiger charge is -2.19. The molecule has 1 unspecified atom stereocenters. The molecule has 0 heterocycles. The number of amides is 1. The second-order valence-electron chi connectivity index (χ2n) is 4.82. The molecule has 1 amide bonds. The molecule has 0 aliphatic heterocycles. The number of hydrogen-bond acceptors (Lipinski definition) is 2. The highest BCUT2D eigenvalue weighted by Crippen LogP contribution is 2.10. The van der Waals surface area contributed by atoms with Crippen molar-refractivity contribution in [3.63, 3.8) is 0 Å². The van der Waals surface area contributed by atoms with Gasteiger partial charge in [0.05, 0.1) is 6.04 Å². The van der Waals surface area contributed by atoms with E-state index in [9.17, 15) is 14.0 Å². The monoisotopic (exact) mass is 251 g/mol. The summed E-state index contributed by atoms with van der Waals surface area (Å²) >= 11 is 0. The summed E-state index contributed by atoms with van der Waals surface area (Å²) in [6.45, 7) is 6.85. The van der Waals surface area contributed by atoms with Gasteiger partial charge in [0.2, 0.25) is 0 Å². The zero-order chi connectivity index (χ0) is 13.9. The van der Waals surface area contributed by atoms with Crippen molar-refractivity contribution in [2.45, 2.75) is 33.7 Å². The number of benzene rings is 1. The maximum Gasteiger partial charge on any atom is 0.251 e. The molecule has 0 fully saturated rings. The Labute approximate surface area is 106 Å². The average molecular weight is 251 g/mol. The summed E-state index contributed by atoms with van der Waals surface area (Å²) in [7, 11) is 0. The van der Waals surface area contributed by atoms with Gasteiger partial charge in [-0.15, -0.1) is 0 Å². The molecule has 3 nitrogen and oxygen atoms in total. The van der Waals surface area contributed by atoms with Gasteiger partial charge in [0.1, 0.15) is 5.82 Å². The highest BCUT2D eigenvalue weighted by Gasteiger charge is 2.21. The molecule has 1 rings (SSSR count). The van der Waals surface area contributed by atoms with Gasteiger partial charge in [-0.3, -0.25) is 9.59 Å². The number of hydrogen-bond donors (Lipinski definition) is 1. The first-order valence-electron chi connectivity index (χ1n) is 5.89. The van der Waals surface area contributed by atoms with E-state index < -0.39 is 17.8 Å². The van der Waals surface area contributed by atoms with Crippen molar-refractivity contribution < 1.29 is 14.0 Å². The molecule has 1 N–H and O–H groups in total. The summed E-state index contributed by atoms with van der Waals surface area (Å²) in [6, 6.07) is 3.57. The van der Waals surface area contributed by atoms with Crippen LogP contribution in [0.1, 0.15) is 36.7 Å².